The van der Waals surface area contributed by atoms with Gasteiger partial charge in [0.05, 0.1) is 12.6 Å². The van der Waals surface area contributed by atoms with Crippen molar-refractivity contribution in [2.45, 2.75) is 32.7 Å². The van der Waals surface area contributed by atoms with Crippen molar-refractivity contribution in [1.82, 2.24) is 5.32 Å². The molecule has 0 fully saturated rings. The summed E-state index contributed by atoms with van der Waals surface area (Å²) < 4.78 is 11.6. The predicted molar refractivity (Wildman–Crippen MR) is 82.9 cm³/mol. The van der Waals surface area contributed by atoms with Gasteiger partial charge in [0.25, 0.3) is 0 Å². The van der Waals surface area contributed by atoms with E-state index in [0.717, 1.165) is 35.7 Å². The zero-order valence-corrected chi connectivity index (χ0v) is 12.7. The van der Waals surface area contributed by atoms with Gasteiger partial charge in [0.1, 0.15) is 11.3 Å². The van der Waals surface area contributed by atoms with Gasteiger partial charge in [-0.1, -0.05) is 32.0 Å². The molecule has 2 rings (SSSR count). The lowest BCUT2D eigenvalue weighted by atomic mass is 10.1. The molecule has 1 heterocycles. The second-order valence-electron chi connectivity index (χ2n) is 5.64. The van der Waals surface area contributed by atoms with Gasteiger partial charge in [0.2, 0.25) is 0 Å². The maximum atomic E-state index is 5.87. The molecule has 1 unspecified atom stereocenters. The molecule has 0 saturated carbocycles. The number of fused-ring (bicyclic) bond motifs is 1. The van der Waals surface area contributed by atoms with Crippen molar-refractivity contribution in [3.63, 3.8) is 0 Å². The van der Waals surface area contributed by atoms with Crippen LogP contribution < -0.4 is 5.32 Å². The van der Waals surface area contributed by atoms with Gasteiger partial charge in [-0.25, -0.2) is 0 Å². The van der Waals surface area contributed by atoms with Crippen LogP contribution in [0.3, 0.4) is 0 Å². The van der Waals surface area contributed by atoms with E-state index in [1.807, 2.05) is 25.2 Å². The molecule has 110 valence electrons. The van der Waals surface area contributed by atoms with Crippen molar-refractivity contribution in [1.29, 1.82) is 0 Å². The maximum Gasteiger partial charge on any atom is 0.134 e. The average Bonchev–Trinajstić information content (AvgIpc) is 2.86. The highest BCUT2D eigenvalue weighted by Crippen LogP contribution is 2.23. The van der Waals surface area contributed by atoms with Gasteiger partial charge in [0.15, 0.2) is 0 Å². The molecule has 0 aliphatic heterocycles. The van der Waals surface area contributed by atoms with E-state index in [0.29, 0.717) is 6.61 Å². The molecule has 0 radical (unpaired) electrons. The summed E-state index contributed by atoms with van der Waals surface area (Å²) in [4.78, 5) is 0. The standard InChI is InChI=1S/C17H25NO2/c1-13(2)7-6-10-19-12-15(18-3)17-11-14-8-4-5-9-16(14)20-17/h4-5,8-9,11,13,15,18H,6-7,10,12H2,1-3H3. The molecule has 0 amide bonds. The van der Waals surface area contributed by atoms with Crippen molar-refractivity contribution < 1.29 is 9.15 Å². The van der Waals surface area contributed by atoms with Gasteiger partial charge >= 0.3 is 0 Å². The smallest absolute Gasteiger partial charge is 0.134 e. The van der Waals surface area contributed by atoms with E-state index in [4.69, 9.17) is 9.15 Å². The molecule has 2 aromatic rings. The number of para-hydroxylation sites is 1. The van der Waals surface area contributed by atoms with Crippen molar-refractivity contribution in [3.05, 3.63) is 36.1 Å². The summed E-state index contributed by atoms with van der Waals surface area (Å²) in [6.07, 6.45) is 2.34. The summed E-state index contributed by atoms with van der Waals surface area (Å²) in [6, 6.07) is 10.3. The van der Waals surface area contributed by atoms with Gasteiger partial charge < -0.3 is 14.5 Å². The Hall–Kier alpha value is -1.32. The van der Waals surface area contributed by atoms with E-state index in [1.54, 1.807) is 0 Å². The van der Waals surface area contributed by atoms with Gasteiger partial charge in [0, 0.05) is 12.0 Å². The molecule has 0 aliphatic rings. The molecule has 3 nitrogen and oxygen atoms in total. The minimum Gasteiger partial charge on any atom is -0.459 e. The first-order valence-corrected chi connectivity index (χ1v) is 7.44. The Kier molecular flexibility index (Phi) is 5.62. The van der Waals surface area contributed by atoms with Gasteiger partial charge in [-0.3, -0.25) is 0 Å². The van der Waals surface area contributed by atoms with Gasteiger partial charge in [-0.2, -0.15) is 0 Å². The summed E-state index contributed by atoms with van der Waals surface area (Å²) in [6.45, 7) is 5.95. The van der Waals surface area contributed by atoms with Crippen molar-refractivity contribution in [2.24, 2.45) is 5.92 Å². The number of rotatable bonds is 8. The Balaban J connectivity index is 1.87. The molecule has 1 aromatic heterocycles. The van der Waals surface area contributed by atoms with Crippen LogP contribution >= 0.6 is 0 Å². The van der Waals surface area contributed by atoms with E-state index in [9.17, 15) is 0 Å². The van der Waals surface area contributed by atoms with E-state index in [-0.39, 0.29) is 6.04 Å². The van der Waals surface area contributed by atoms with Crippen molar-refractivity contribution in [2.75, 3.05) is 20.3 Å². The van der Waals surface area contributed by atoms with Crippen LogP contribution in [-0.4, -0.2) is 20.3 Å². The van der Waals surface area contributed by atoms with E-state index in [2.05, 4.69) is 31.3 Å². The maximum absolute atomic E-state index is 5.87. The fourth-order valence-corrected chi connectivity index (χ4v) is 2.28. The van der Waals surface area contributed by atoms with Crippen LogP contribution in [0.4, 0.5) is 0 Å². The molecule has 20 heavy (non-hydrogen) atoms. The van der Waals surface area contributed by atoms with Crippen LogP contribution in [0.5, 0.6) is 0 Å². The molecule has 1 atom stereocenters. The quantitative estimate of drug-likeness (QED) is 0.735. The molecule has 0 bridgehead atoms. The summed E-state index contributed by atoms with van der Waals surface area (Å²) in [5.41, 5.74) is 0.933. The number of ether oxygens (including phenoxy) is 1. The van der Waals surface area contributed by atoms with Crippen LogP contribution in [0.2, 0.25) is 0 Å². The minimum absolute atomic E-state index is 0.112. The molecule has 0 spiro atoms. The predicted octanol–water partition coefficient (Wildman–Crippen LogP) is 4.15. The van der Waals surface area contributed by atoms with Gasteiger partial charge in [-0.05, 0) is 37.9 Å². The fraction of sp³-hybridized carbons (Fsp3) is 0.529. The van der Waals surface area contributed by atoms with Crippen LogP contribution in [-0.2, 0) is 4.74 Å². The molecule has 0 aliphatic carbocycles. The molecule has 1 N–H and O–H groups in total. The molecular formula is C17H25NO2. The highest BCUT2D eigenvalue weighted by Gasteiger charge is 2.14. The zero-order valence-electron chi connectivity index (χ0n) is 12.7. The van der Waals surface area contributed by atoms with Crippen LogP contribution in [0.25, 0.3) is 11.0 Å². The third-order valence-corrected chi connectivity index (χ3v) is 3.49. The number of benzene rings is 1. The van der Waals surface area contributed by atoms with Gasteiger partial charge in [-0.15, -0.1) is 0 Å². The third-order valence-electron chi connectivity index (χ3n) is 3.49. The molecule has 0 saturated heterocycles. The number of hydrogen-bond donors (Lipinski definition) is 1. The van der Waals surface area contributed by atoms with E-state index in [1.165, 1.54) is 6.42 Å². The second kappa shape index (κ2) is 7.46. The second-order valence-corrected chi connectivity index (χ2v) is 5.64. The number of furan rings is 1. The Labute approximate surface area is 121 Å². The average molecular weight is 275 g/mol. The summed E-state index contributed by atoms with van der Waals surface area (Å²) in [7, 11) is 1.94. The first-order valence-electron chi connectivity index (χ1n) is 7.44. The normalized spacial score (nSPS) is 13.2. The first kappa shape index (κ1) is 15.1. The minimum atomic E-state index is 0.112. The van der Waals surface area contributed by atoms with E-state index < -0.39 is 0 Å². The highest BCUT2D eigenvalue weighted by atomic mass is 16.5. The fourth-order valence-electron chi connectivity index (χ4n) is 2.28. The number of hydrogen-bond acceptors (Lipinski definition) is 3. The summed E-state index contributed by atoms with van der Waals surface area (Å²) in [5, 5.41) is 4.40. The molecule has 1 aromatic carbocycles. The van der Waals surface area contributed by atoms with Crippen LogP contribution in [0, 0.1) is 5.92 Å². The van der Waals surface area contributed by atoms with Crippen molar-refractivity contribution >= 4 is 11.0 Å². The Morgan fingerprint density at radius 3 is 2.75 bits per heavy atom. The molecular weight excluding hydrogens is 250 g/mol. The number of likely N-dealkylation sites (N-methyl/N-ethyl adjacent to an activating group) is 1. The lowest BCUT2D eigenvalue weighted by Gasteiger charge is -2.14. The van der Waals surface area contributed by atoms with Crippen molar-refractivity contribution in [3.8, 4) is 0 Å². The van der Waals surface area contributed by atoms with Crippen LogP contribution in [0.15, 0.2) is 34.7 Å². The summed E-state index contributed by atoms with van der Waals surface area (Å²) in [5.74, 6) is 1.69. The zero-order chi connectivity index (χ0) is 14.4. The highest BCUT2D eigenvalue weighted by molar-refractivity contribution is 5.77. The Morgan fingerprint density at radius 2 is 2.05 bits per heavy atom. The largest absolute Gasteiger partial charge is 0.459 e. The first-order chi connectivity index (χ1) is 9.70. The lowest BCUT2D eigenvalue weighted by Crippen LogP contribution is -2.21. The Bertz CT molecular complexity index is 485. The Morgan fingerprint density at radius 1 is 1.25 bits per heavy atom. The molecule has 3 heteroatoms. The SMILES string of the molecule is CNC(COCCCC(C)C)c1cc2ccccc2o1. The van der Waals surface area contributed by atoms with Crippen LogP contribution in [0.1, 0.15) is 38.5 Å². The lowest BCUT2D eigenvalue weighted by molar-refractivity contribution is 0.103. The topological polar surface area (TPSA) is 34.4 Å². The van der Waals surface area contributed by atoms with E-state index >= 15 is 0 Å². The number of nitrogens with one attached hydrogen (secondary N) is 1. The summed E-state index contributed by atoms with van der Waals surface area (Å²) >= 11 is 0. The third kappa shape index (κ3) is 4.09. The monoisotopic (exact) mass is 275 g/mol.